The molecule has 0 aromatic heterocycles. The maximum Gasteiger partial charge on any atom is 0.416 e. The number of ether oxygens (including phenoxy) is 1. The van der Waals surface area contributed by atoms with E-state index in [2.05, 4.69) is 23.1 Å². The average Bonchev–Trinajstić information content (AvgIpc) is 3.19. The van der Waals surface area contributed by atoms with Gasteiger partial charge in [0.1, 0.15) is 5.75 Å². The molecule has 1 aliphatic heterocycles. The molecule has 0 unspecified atom stereocenters. The summed E-state index contributed by atoms with van der Waals surface area (Å²) in [7, 11) is 0. The van der Waals surface area contributed by atoms with Crippen molar-refractivity contribution in [1.82, 2.24) is 4.90 Å². The molecule has 0 saturated carbocycles. The fourth-order valence-corrected chi connectivity index (χ4v) is 4.22. The molecule has 0 atom stereocenters. The number of hydrogen-bond donors (Lipinski definition) is 0. The third-order valence-corrected chi connectivity index (χ3v) is 5.87. The van der Waals surface area contributed by atoms with Crippen molar-refractivity contribution in [2.75, 3.05) is 44.2 Å². The van der Waals surface area contributed by atoms with Crippen LogP contribution >= 0.6 is 0 Å². The molecule has 0 N–H and O–H groups in total. The van der Waals surface area contributed by atoms with E-state index in [9.17, 15) is 13.2 Å². The van der Waals surface area contributed by atoms with Crippen LogP contribution in [0.4, 0.5) is 18.9 Å². The van der Waals surface area contributed by atoms with Gasteiger partial charge in [-0.15, -0.1) is 0 Å². The number of nitrogens with zero attached hydrogens (tertiary/aromatic N) is 2. The van der Waals surface area contributed by atoms with E-state index in [-0.39, 0.29) is 0 Å². The Labute approximate surface area is 170 Å². The molecular weight excluding hydrogens is 377 g/mol. The molecule has 0 radical (unpaired) electrons. The second-order valence-electron chi connectivity index (χ2n) is 7.86. The van der Waals surface area contributed by atoms with Crippen LogP contribution in [0.25, 0.3) is 0 Å². The minimum absolute atomic E-state index is 0.582. The normalized spacial score (nSPS) is 17.4. The zero-order chi connectivity index (χ0) is 20.3. The highest BCUT2D eigenvalue weighted by Crippen LogP contribution is 2.32. The third-order valence-electron chi connectivity index (χ3n) is 5.87. The summed E-state index contributed by atoms with van der Waals surface area (Å²) < 4.78 is 44.7. The van der Waals surface area contributed by atoms with Gasteiger partial charge in [-0.3, -0.25) is 4.90 Å². The van der Waals surface area contributed by atoms with Gasteiger partial charge in [0, 0.05) is 38.4 Å². The van der Waals surface area contributed by atoms with Gasteiger partial charge in [-0.05, 0) is 67.1 Å². The van der Waals surface area contributed by atoms with Crippen LogP contribution in [0, 0.1) is 0 Å². The molecule has 29 heavy (non-hydrogen) atoms. The predicted octanol–water partition coefficient (Wildman–Crippen LogP) is 4.79. The lowest BCUT2D eigenvalue weighted by molar-refractivity contribution is -0.137. The highest BCUT2D eigenvalue weighted by molar-refractivity contribution is 5.49. The molecule has 1 fully saturated rings. The van der Waals surface area contributed by atoms with Crippen molar-refractivity contribution in [1.29, 1.82) is 0 Å². The first-order chi connectivity index (χ1) is 14.0. The number of rotatable bonds is 6. The molecule has 2 aromatic rings. The van der Waals surface area contributed by atoms with Crippen LogP contribution in [0.5, 0.6) is 5.75 Å². The Morgan fingerprint density at radius 2 is 1.69 bits per heavy atom. The molecule has 2 aromatic carbocycles. The maximum absolute atomic E-state index is 12.9. The number of halogens is 3. The first-order valence-corrected chi connectivity index (χ1v) is 10.4. The van der Waals surface area contributed by atoms with Crippen LogP contribution in [0.2, 0.25) is 0 Å². The number of anilines is 1. The number of benzene rings is 2. The molecule has 1 heterocycles. The van der Waals surface area contributed by atoms with Crippen LogP contribution in [0.3, 0.4) is 0 Å². The quantitative estimate of drug-likeness (QED) is 0.644. The minimum atomic E-state index is -4.29. The van der Waals surface area contributed by atoms with E-state index in [0.29, 0.717) is 12.3 Å². The average molecular weight is 404 g/mol. The number of aryl methyl sites for hydroxylation is 2. The van der Waals surface area contributed by atoms with Crippen LogP contribution in [0.15, 0.2) is 42.5 Å². The molecule has 2 aliphatic rings. The monoisotopic (exact) mass is 404 g/mol. The van der Waals surface area contributed by atoms with Crippen molar-refractivity contribution < 1.29 is 17.9 Å². The van der Waals surface area contributed by atoms with Crippen molar-refractivity contribution in [2.24, 2.45) is 0 Å². The molecule has 4 rings (SSSR count). The van der Waals surface area contributed by atoms with Crippen molar-refractivity contribution >= 4 is 5.69 Å². The summed E-state index contributed by atoms with van der Waals surface area (Å²) >= 11 is 0. The van der Waals surface area contributed by atoms with Gasteiger partial charge < -0.3 is 9.64 Å². The predicted molar refractivity (Wildman–Crippen MR) is 109 cm³/mol. The van der Waals surface area contributed by atoms with Gasteiger partial charge >= 0.3 is 6.18 Å². The van der Waals surface area contributed by atoms with Gasteiger partial charge in [-0.25, -0.2) is 0 Å². The zero-order valence-electron chi connectivity index (χ0n) is 16.5. The van der Waals surface area contributed by atoms with Gasteiger partial charge in [0.25, 0.3) is 0 Å². The van der Waals surface area contributed by atoms with Crippen LogP contribution in [-0.4, -0.2) is 44.2 Å². The van der Waals surface area contributed by atoms with Gasteiger partial charge in [-0.1, -0.05) is 12.1 Å². The molecule has 0 amide bonds. The Bertz CT molecular complexity index is 829. The summed E-state index contributed by atoms with van der Waals surface area (Å²) in [6.45, 7) is 4.83. The van der Waals surface area contributed by atoms with Crippen molar-refractivity contribution in [3.8, 4) is 5.75 Å². The van der Waals surface area contributed by atoms with Crippen LogP contribution < -0.4 is 9.64 Å². The first-order valence-electron chi connectivity index (χ1n) is 10.4. The van der Waals surface area contributed by atoms with E-state index in [4.69, 9.17) is 4.74 Å². The smallest absolute Gasteiger partial charge is 0.416 e. The Morgan fingerprint density at radius 3 is 2.48 bits per heavy atom. The lowest BCUT2D eigenvalue weighted by atomic mass is 10.1. The Hall–Kier alpha value is -2.21. The second kappa shape index (κ2) is 8.66. The standard InChI is InChI=1S/C23H27F3N2O/c24-23(25,26)20-6-2-7-21(17-20)28-13-11-27(12-14-28)10-3-15-29-22-9-8-18-4-1-5-19(18)16-22/h2,6-9,16-17H,1,3-5,10-15H2. The summed E-state index contributed by atoms with van der Waals surface area (Å²) in [4.78, 5) is 4.39. The summed E-state index contributed by atoms with van der Waals surface area (Å²) in [6, 6.07) is 12.1. The van der Waals surface area contributed by atoms with E-state index < -0.39 is 11.7 Å². The van der Waals surface area contributed by atoms with Crippen molar-refractivity contribution in [3.63, 3.8) is 0 Å². The molecule has 1 aliphatic carbocycles. The van der Waals surface area contributed by atoms with Crippen LogP contribution in [0.1, 0.15) is 29.5 Å². The number of piperazine rings is 1. The molecule has 0 spiro atoms. The fraction of sp³-hybridized carbons (Fsp3) is 0.478. The van der Waals surface area contributed by atoms with Crippen molar-refractivity contribution in [3.05, 3.63) is 59.2 Å². The first kappa shape index (κ1) is 20.1. The maximum atomic E-state index is 12.9. The van der Waals surface area contributed by atoms with E-state index in [1.54, 1.807) is 6.07 Å². The molecule has 156 valence electrons. The summed E-state index contributed by atoms with van der Waals surface area (Å²) in [5.41, 5.74) is 2.95. The Morgan fingerprint density at radius 1 is 0.897 bits per heavy atom. The summed E-state index contributed by atoms with van der Waals surface area (Å²) in [5, 5.41) is 0. The lowest BCUT2D eigenvalue weighted by Crippen LogP contribution is -2.46. The third kappa shape index (κ3) is 5.04. The van der Waals surface area contributed by atoms with Gasteiger partial charge in [0.15, 0.2) is 0 Å². The van der Waals surface area contributed by atoms with Gasteiger partial charge in [0.05, 0.1) is 12.2 Å². The molecule has 1 saturated heterocycles. The van der Waals surface area contributed by atoms with E-state index in [1.807, 2.05) is 4.90 Å². The molecule has 6 heteroatoms. The second-order valence-corrected chi connectivity index (χ2v) is 7.86. The number of fused-ring (bicyclic) bond motifs is 1. The fourth-order valence-electron chi connectivity index (χ4n) is 4.22. The highest BCUT2D eigenvalue weighted by atomic mass is 19.4. The highest BCUT2D eigenvalue weighted by Gasteiger charge is 2.31. The largest absolute Gasteiger partial charge is 0.494 e. The summed E-state index contributed by atoms with van der Waals surface area (Å²) in [6.07, 6.45) is 0.230. The van der Waals surface area contributed by atoms with Gasteiger partial charge in [-0.2, -0.15) is 13.2 Å². The molecule has 0 bridgehead atoms. The van der Waals surface area contributed by atoms with E-state index in [0.717, 1.165) is 57.4 Å². The lowest BCUT2D eigenvalue weighted by Gasteiger charge is -2.36. The topological polar surface area (TPSA) is 15.7 Å². The molecular formula is C23H27F3N2O. The van der Waals surface area contributed by atoms with Crippen molar-refractivity contribution in [2.45, 2.75) is 31.9 Å². The van der Waals surface area contributed by atoms with E-state index >= 15 is 0 Å². The molecule has 3 nitrogen and oxygen atoms in total. The Balaban J connectivity index is 1.19. The van der Waals surface area contributed by atoms with Crippen LogP contribution in [-0.2, 0) is 19.0 Å². The van der Waals surface area contributed by atoms with E-state index in [1.165, 1.54) is 36.1 Å². The Kier molecular flexibility index (Phi) is 5.99. The SMILES string of the molecule is FC(F)(F)c1cccc(N2CCN(CCCOc3ccc4c(c3)CCC4)CC2)c1. The minimum Gasteiger partial charge on any atom is -0.494 e. The number of hydrogen-bond acceptors (Lipinski definition) is 3. The zero-order valence-corrected chi connectivity index (χ0v) is 16.5. The van der Waals surface area contributed by atoms with Gasteiger partial charge in [0.2, 0.25) is 0 Å². The summed E-state index contributed by atoms with van der Waals surface area (Å²) in [5.74, 6) is 0.958. The number of alkyl halides is 3.